The van der Waals surface area contributed by atoms with E-state index in [-0.39, 0.29) is 5.13 Å². The average Bonchev–Trinajstić information content (AvgIpc) is 2.97. The molecule has 0 atom stereocenters. The third kappa shape index (κ3) is 4.52. The summed E-state index contributed by atoms with van der Waals surface area (Å²) in [5, 5.41) is 1.77. The van der Waals surface area contributed by atoms with Gasteiger partial charge in [-0.25, -0.2) is 18.2 Å². The smallest absolute Gasteiger partial charge is 0.299 e. The van der Waals surface area contributed by atoms with Gasteiger partial charge in [0, 0.05) is 24.3 Å². The minimum absolute atomic E-state index is 0.157. The molecule has 0 unspecified atom stereocenters. The monoisotopic (exact) mass is 358 g/mol. The summed E-state index contributed by atoms with van der Waals surface area (Å²) in [7, 11) is -4.09. The molecule has 23 heavy (non-hydrogen) atoms. The Morgan fingerprint density at radius 2 is 2.09 bits per heavy atom. The van der Waals surface area contributed by atoms with Gasteiger partial charge in [0.2, 0.25) is 0 Å². The maximum atomic E-state index is 12.3. The number of hydrogen-bond acceptors (Lipinski definition) is 6. The first-order valence-electron chi connectivity index (χ1n) is 7.20. The molecule has 0 bridgehead atoms. The fraction of sp³-hybridized carbons (Fsp3) is 0.462. The van der Waals surface area contributed by atoms with E-state index in [1.165, 1.54) is 10.8 Å². The predicted octanol–water partition coefficient (Wildman–Crippen LogP) is 1.37. The highest BCUT2D eigenvalue weighted by molar-refractivity contribution is 7.92. The molecule has 0 fully saturated rings. The van der Waals surface area contributed by atoms with Gasteiger partial charge in [-0.1, -0.05) is 26.2 Å². The zero-order valence-electron chi connectivity index (χ0n) is 12.6. The lowest BCUT2D eigenvalue weighted by atomic mass is 10.2. The van der Waals surface area contributed by atoms with Gasteiger partial charge in [-0.05, 0) is 6.42 Å². The summed E-state index contributed by atoms with van der Waals surface area (Å²) in [5.41, 5.74) is -1.55. The fourth-order valence-corrected chi connectivity index (χ4v) is 3.85. The average molecular weight is 358 g/mol. The molecule has 126 valence electrons. The van der Waals surface area contributed by atoms with Crippen LogP contribution in [-0.2, 0) is 16.6 Å². The molecule has 2 N–H and O–H groups in total. The van der Waals surface area contributed by atoms with Gasteiger partial charge in [0.1, 0.15) is 0 Å². The summed E-state index contributed by atoms with van der Waals surface area (Å²) in [6.07, 6.45) is 6.29. The predicted molar refractivity (Wildman–Crippen MR) is 88.4 cm³/mol. The van der Waals surface area contributed by atoms with E-state index in [0.29, 0.717) is 6.54 Å². The zero-order chi connectivity index (χ0) is 16.9. The zero-order valence-corrected chi connectivity index (χ0v) is 14.2. The van der Waals surface area contributed by atoms with Crippen LogP contribution in [-0.4, -0.2) is 23.0 Å². The molecule has 2 rings (SSSR count). The van der Waals surface area contributed by atoms with Crippen molar-refractivity contribution in [2.75, 3.05) is 4.72 Å². The van der Waals surface area contributed by atoms with Gasteiger partial charge in [-0.3, -0.25) is 19.1 Å². The van der Waals surface area contributed by atoms with Crippen LogP contribution in [0.4, 0.5) is 5.13 Å². The molecule has 0 saturated heterocycles. The van der Waals surface area contributed by atoms with Crippen LogP contribution >= 0.6 is 11.3 Å². The van der Waals surface area contributed by atoms with E-state index in [1.807, 2.05) is 4.98 Å². The lowest BCUT2D eigenvalue weighted by molar-refractivity contribution is 0.549. The molecular weight excluding hydrogens is 340 g/mol. The summed E-state index contributed by atoms with van der Waals surface area (Å²) in [4.78, 5) is 29.0. The van der Waals surface area contributed by atoms with Crippen molar-refractivity contribution in [3.05, 3.63) is 38.6 Å². The van der Waals surface area contributed by atoms with Crippen molar-refractivity contribution in [2.45, 2.75) is 44.0 Å². The van der Waals surface area contributed by atoms with Crippen molar-refractivity contribution < 1.29 is 8.42 Å². The maximum absolute atomic E-state index is 12.3. The first kappa shape index (κ1) is 17.4. The summed E-state index contributed by atoms with van der Waals surface area (Å²) < 4.78 is 28.0. The minimum atomic E-state index is -4.09. The van der Waals surface area contributed by atoms with Gasteiger partial charge < -0.3 is 0 Å². The van der Waals surface area contributed by atoms with Crippen LogP contribution in [0.1, 0.15) is 32.6 Å². The summed E-state index contributed by atoms with van der Waals surface area (Å²) in [5.74, 6) is 0. The van der Waals surface area contributed by atoms with Gasteiger partial charge >= 0.3 is 5.69 Å². The number of aromatic amines is 1. The van der Waals surface area contributed by atoms with E-state index in [1.54, 1.807) is 5.38 Å². The lowest BCUT2D eigenvalue weighted by Crippen LogP contribution is -2.34. The van der Waals surface area contributed by atoms with E-state index in [0.717, 1.165) is 43.2 Å². The van der Waals surface area contributed by atoms with Crippen molar-refractivity contribution in [2.24, 2.45) is 0 Å². The number of nitrogens with zero attached hydrogens (tertiary/aromatic N) is 2. The van der Waals surface area contributed by atoms with Crippen LogP contribution in [0, 0.1) is 0 Å². The third-order valence-electron chi connectivity index (χ3n) is 3.17. The first-order valence-corrected chi connectivity index (χ1v) is 9.56. The number of unbranched alkanes of at least 4 members (excludes halogenated alkanes) is 3. The Labute approximate surface area is 137 Å². The van der Waals surface area contributed by atoms with Gasteiger partial charge in [0.25, 0.3) is 15.6 Å². The standard InChI is InChI=1S/C13H18N4O4S2/c1-2-3-4-5-7-17-9-10(11(18)15-13(17)19)23(20,21)16-12-14-6-8-22-12/h6,8-9H,2-5,7H2,1H3,(H,14,16)(H,15,18,19). The van der Waals surface area contributed by atoms with Gasteiger partial charge in [0.15, 0.2) is 10.0 Å². The SMILES string of the molecule is CCCCCCn1cc(S(=O)(=O)Nc2nccs2)c(=O)[nH]c1=O. The Kier molecular flexibility index (Phi) is 5.72. The van der Waals surface area contributed by atoms with E-state index in [9.17, 15) is 18.0 Å². The van der Waals surface area contributed by atoms with Crippen LogP contribution in [0.25, 0.3) is 0 Å². The molecular formula is C13H18N4O4S2. The van der Waals surface area contributed by atoms with E-state index in [2.05, 4.69) is 16.6 Å². The molecule has 0 radical (unpaired) electrons. The van der Waals surface area contributed by atoms with E-state index >= 15 is 0 Å². The van der Waals surface area contributed by atoms with Crippen LogP contribution in [0.2, 0.25) is 0 Å². The molecule has 0 spiro atoms. The number of aromatic nitrogens is 3. The molecule has 0 aliphatic rings. The molecule has 2 heterocycles. The van der Waals surface area contributed by atoms with Gasteiger partial charge in [0.05, 0.1) is 0 Å². The van der Waals surface area contributed by atoms with Crippen LogP contribution in [0.3, 0.4) is 0 Å². The van der Waals surface area contributed by atoms with Crippen LogP contribution in [0.15, 0.2) is 32.3 Å². The molecule has 0 aliphatic carbocycles. The number of rotatable bonds is 8. The fourth-order valence-electron chi connectivity index (χ4n) is 2.00. The molecule has 2 aromatic rings. The van der Waals surface area contributed by atoms with Gasteiger partial charge in [-0.2, -0.15) is 0 Å². The summed E-state index contributed by atoms with van der Waals surface area (Å²) in [6.45, 7) is 2.43. The van der Waals surface area contributed by atoms with Crippen molar-refractivity contribution in [1.29, 1.82) is 0 Å². The molecule has 0 aromatic carbocycles. The Morgan fingerprint density at radius 3 is 2.74 bits per heavy atom. The largest absolute Gasteiger partial charge is 0.328 e. The topological polar surface area (TPSA) is 114 Å². The number of anilines is 1. The second-order valence-electron chi connectivity index (χ2n) is 4.95. The number of H-pyrrole nitrogens is 1. The number of thiazole rings is 1. The number of sulfonamides is 1. The Hall–Kier alpha value is -1.94. The van der Waals surface area contributed by atoms with Crippen molar-refractivity contribution >= 4 is 26.5 Å². The highest BCUT2D eigenvalue weighted by atomic mass is 32.2. The molecule has 8 nitrogen and oxygen atoms in total. The van der Waals surface area contributed by atoms with Gasteiger partial charge in [-0.15, -0.1) is 11.3 Å². The van der Waals surface area contributed by atoms with Crippen molar-refractivity contribution in [3.8, 4) is 0 Å². The van der Waals surface area contributed by atoms with Crippen LogP contribution < -0.4 is 16.0 Å². The molecule has 0 saturated carbocycles. The van der Waals surface area contributed by atoms with Crippen molar-refractivity contribution in [1.82, 2.24) is 14.5 Å². The normalized spacial score (nSPS) is 11.5. The highest BCUT2D eigenvalue weighted by Crippen LogP contribution is 2.15. The second kappa shape index (κ2) is 7.55. The van der Waals surface area contributed by atoms with Crippen molar-refractivity contribution in [3.63, 3.8) is 0 Å². The Bertz CT molecular complexity index is 853. The first-order chi connectivity index (χ1) is 10.9. The lowest BCUT2D eigenvalue weighted by Gasteiger charge is -2.08. The van der Waals surface area contributed by atoms with Crippen LogP contribution in [0.5, 0.6) is 0 Å². The highest BCUT2D eigenvalue weighted by Gasteiger charge is 2.21. The quantitative estimate of drug-likeness (QED) is 0.692. The maximum Gasteiger partial charge on any atom is 0.328 e. The Balaban J connectivity index is 2.27. The third-order valence-corrected chi connectivity index (χ3v) is 5.32. The number of aryl methyl sites for hydroxylation is 1. The summed E-state index contributed by atoms with van der Waals surface area (Å²) >= 11 is 1.09. The summed E-state index contributed by atoms with van der Waals surface area (Å²) in [6, 6.07) is 0. The minimum Gasteiger partial charge on any atom is -0.299 e. The molecule has 10 heteroatoms. The number of nitrogens with one attached hydrogen (secondary N) is 2. The van der Waals surface area contributed by atoms with E-state index < -0.39 is 26.2 Å². The number of hydrogen-bond donors (Lipinski definition) is 2. The molecule has 0 aliphatic heterocycles. The molecule has 0 amide bonds. The Morgan fingerprint density at radius 1 is 1.30 bits per heavy atom. The second-order valence-corrected chi connectivity index (χ2v) is 7.49. The molecule has 2 aromatic heterocycles. The van der Waals surface area contributed by atoms with E-state index in [4.69, 9.17) is 0 Å².